The zero-order valence-corrected chi connectivity index (χ0v) is 19.6. The van der Waals surface area contributed by atoms with Crippen molar-refractivity contribution in [2.75, 3.05) is 32.2 Å². The first-order valence-electron chi connectivity index (χ1n) is 11.7. The molecule has 0 unspecified atom stereocenters. The van der Waals surface area contributed by atoms with E-state index in [1.807, 2.05) is 13.0 Å². The number of rotatable bonds is 5. The molecule has 0 aromatic heterocycles. The first-order valence-corrected chi connectivity index (χ1v) is 13.4. The van der Waals surface area contributed by atoms with Gasteiger partial charge in [0.15, 0.2) is 5.94 Å². The van der Waals surface area contributed by atoms with Gasteiger partial charge in [0.25, 0.3) is 0 Å². The minimum atomic E-state index is -3.55. The van der Waals surface area contributed by atoms with Gasteiger partial charge >= 0.3 is 6.03 Å². The van der Waals surface area contributed by atoms with Crippen LogP contribution in [0.2, 0.25) is 0 Å². The summed E-state index contributed by atoms with van der Waals surface area (Å²) in [6.07, 6.45) is 5.51. The molecule has 32 heavy (non-hydrogen) atoms. The number of hydrogen-bond acceptors (Lipinski definition) is 5. The summed E-state index contributed by atoms with van der Waals surface area (Å²) in [4.78, 5) is 14.5. The summed E-state index contributed by atoms with van der Waals surface area (Å²) in [5, 5.41) is 2.86. The van der Waals surface area contributed by atoms with Crippen molar-refractivity contribution < 1.29 is 22.7 Å². The van der Waals surface area contributed by atoms with E-state index >= 15 is 0 Å². The number of amides is 2. The van der Waals surface area contributed by atoms with Crippen LogP contribution in [0, 0.1) is 0 Å². The third-order valence-electron chi connectivity index (χ3n) is 7.02. The van der Waals surface area contributed by atoms with Crippen LogP contribution >= 0.6 is 0 Å². The lowest BCUT2D eigenvalue weighted by molar-refractivity contribution is -0.0576. The molecular formula is C23H35N3O5S. The molecule has 3 fully saturated rings. The highest BCUT2D eigenvalue weighted by molar-refractivity contribution is 7.89. The highest BCUT2D eigenvalue weighted by Gasteiger charge is 2.51. The topological polar surface area (TPSA) is 97.0 Å². The van der Waals surface area contributed by atoms with Crippen LogP contribution in [-0.4, -0.2) is 69.3 Å². The van der Waals surface area contributed by atoms with Crippen LogP contribution in [0.15, 0.2) is 30.3 Å². The van der Waals surface area contributed by atoms with E-state index in [-0.39, 0.29) is 24.7 Å². The van der Waals surface area contributed by atoms with Gasteiger partial charge in [0.2, 0.25) is 10.0 Å². The van der Waals surface area contributed by atoms with Crippen LogP contribution in [0.25, 0.3) is 0 Å². The molecule has 2 atom stereocenters. The number of carbonyl (C=O) groups excluding carboxylic acids is 1. The number of carbonyl (C=O) groups is 1. The predicted octanol–water partition coefficient (Wildman–Crippen LogP) is 2.57. The number of urea groups is 1. The van der Waals surface area contributed by atoms with Crippen LogP contribution in [0.3, 0.4) is 0 Å². The molecule has 2 aliphatic heterocycles. The van der Waals surface area contributed by atoms with E-state index in [9.17, 15) is 13.2 Å². The second kappa shape index (κ2) is 10.1. The van der Waals surface area contributed by atoms with E-state index in [1.54, 1.807) is 4.90 Å². The molecule has 1 aromatic rings. The van der Waals surface area contributed by atoms with E-state index in [0.29, 0.717) is 38.5 Å². The van der Waals surface area contributed by atoms with Gasteiger partial charge in [-0.3, -0.25) is 0 Å². The fourth-order valence-electron chi connectivity index (χ4n) is 5.44. The molecule has 2 N–H and O–H groups in total. The Morgan fingerprint density at radius 2 is 2.00 bits per heavy atom. The Balaban J connectivity index is 1.43. The number of sulfonamides is 1. The summed E-state index contributed by atoms with van der Waals surface area (Å²) in [6.45, 7) is 3.51. The second-order valence-electron chi connectivity index (χ2n) is 9.21. The van der Waals surface area contributed by atoms with Crippen LogP contribution in [0.5, 0.6) is 0 Å². The third kappa shape index (κ3) is 5.27. The summed E-state index contributed by atoms with van der Waals surface area (Å²) in [5.74, 6) is 0.218. The van der Waals surface area contributed by atoms with Crippen molar-refractivity contribution in [2.24, 2.45) is 0 Å². The molecule has 178 valence electrons. The molecule has 1 aliphatic carbocycles. The SMILES string of the molecule is CCNC(=O)N1CCC[C@]2(COCS(=O)(=O)N2)[C@H]1COC1CCC(c2ccccc2)CC1. The Morgan fingerprint density at radius 1 is 1.25 bits per heavy atom. The average molecular weight is 466 g/mol. The van der Waals surface area contributed by atoms with Gasteiger partial charge in [0.05, 0.1) is 30.9 Å². The molecule has 2 heterocycles. The zero-order valence-electron chi connectivity index (χ0n) is 18.8. The van der Waals surface area contributed by atoms with Crippen LogP contribution < -0.4 is 10.0 Å². The maximum atomic E-state index is 12.8. The van der Waals surface area contributed by atoms with Crippen molar-refractivity contribution >= 4 is 16.1 Å². The molecule has 2 amide bonds. The van der Waals surface area contributed by atoms with Crippen molar-refractivity contribution in [1.29, 1.82) is 0 Å². The molecule has 3 aliphatic rings. The molecule has 1 spiro atoms. The van der Waals surface area contributed by atoms with Crippen LogP contribution in [0.1, 0.15) is 56.9 Å². The van der Waals surface area contributed by atoms with Crippen molar-refractivity contribution in [2.45, 2.75) is 69.1 Å². The van der Waals surface area contributed by atoms with Crippen molar-refractivity contribution in [3.63, 3.8) is 0 Å². The summed E-state index contributed by atoms with van der Waals surface area (Å²) in [7, 11) is -3.55. The van der Waals surface area contributed by atoms with E-state index in [0.717, 1.165) is 25.7 Å². The molecule has 8 nitrogen and oxygen atoms in total. The van der Waals surface area contributed by atoms with Crippen molar-refractivity contribution in [3.05, 3.63) is 35.9 Å². The average Bonchev–Trinajstić information content (AvgIpc) is 2.78. The minimum absolute atomic E-state index is 0.117. The maximum absolute atomic E-state index is 12.8. The van der Waals surface area contributed by atoms with Gasteiger partial charge in [-0.25, -0.2) is 17.9 Å². The van der Waals surface area contributed by atoms with Gasteiger partial charge in [0.1, 0.15) is 0 Å². The number of likely N-dealkylation sites (tertiary alicyclic amines) is 1. The van der Waals surface area contributed by atoms with Crippen molar-refractivity contribution in [1.82, 2.24) is 14.9 Å². The first-order chi connectivity index (χ1) is 15.4. The van der Waals surface area contributed by atoms with Crippen LogP contribution in [0.4, 0.5) is 4.79 Å². The van der Waals surface area contributed by atoms with Gasteiger partial charge in [0, 0.05) is 13.1 Å². The summed E-state index contributed by atoms with van der Waals surface area (Å²) in [5.41, 5.74) is 0.537. The Morgan fingerprint density at radius 3 is 2.69 bits per heavy atom. The lowest BCUT2D eigenvalue weighted by Gasteiger charge is -2.51. The van der Waals surface area contributed by atoms with Gasteiger partial charge in [-0.05, 0) is 56.9 Å². The Hall–Kier alpha value is -1.68. The maximum Gasteiger partial charge on any atom is 0.317 e. The number of piperidine rings is 1. The molecular weight excluding hydrogens is 430 g/mol. The van der Waals surface area contributed by atoms with Crippen molar-refractivity contribution in [3.8, 4) is 0 Å². The minimum Gasteiger partial charge on any atom is -0.376 e. The normalized spacial score (nSPS) is 32.5. The largest absolute Gasteiger partial charge is 0.376 e. The molecule has 0 radical (unpaired) electrons. The first kappa shape index (κ1) is 23.5. The Bertz CT molecular complexity index is 869. The fourth-order valence-corrected chi connectivity index (χ4v) is 6.71. The molecule has 2 saturated heterocycles. The van der Waals surface area contributed by atoms with E-state index in [4.69, 9.17) is 9.47 Å². The molecule has 1 aromatic carbocycles. The second-order valence-corrected chi connectivity index (χ2v) is 10.9. The van der Waals surface area contributed by atoms with Gasteiger partial charge in [-0.15, -0.1) is 0 Å². The van der Waals surface area contributed by atoms with E-state index < -0.39 is 21.6 Å². The number of hydrogen-bond donors (Lipinski definition) is 2. The lowest BCUT2D eigenvalue weighted by atomic mass is 9.81. The highest BCUT2D eigenvalue weighted by Crippen LogP contribution is 2.36. The third-order valence-corrected chi connectivity index (χ3v) is 8.21. The monoisotopic (exact) mass is 465 g/mol. The number of nitrogens with one attached hydrogen (secondary N) is 2. The van der Waals surface area contributed by atoms with E-state index in [1.165, 1.54) is 5.56 Å². The quantitative estimate of drug-likeness (QED) is 0.697. The van der Waals surface area contributed by atoms with Gasteiger partial charge < -0.3 is 19.7 Å². The molecule has 4 rings (SSSR count). The molecule has 9 heteroatoms. The van der Waals surface area contributed by atoms with Crippen LogP contribution in [-0.2, 0) is 19.5 Å². The molecule has 1 saturated carbocycles. The molecule has 0 bridgehead atoms. The predicted molar refractivity (Wildman–Crippen MR) is 122 cm³/mol. The number of benzene rings is 1. The Kier molecular flexibility index (Phi) is 7.39. The number of nitrogens with zero attached hydrogens (tertiary/aromatic N) is 1. The fraction of sp³-hybridized carbons (Fsp3) is 0.696. The van der Waals surface area contributed by atoms with Gasteiger partial charge in [-0.2, -0.15) is 0 Å². The summed E-state index contributed by atoms with van der Waals surface area (Å²) < 4.78 is 39.4. The van der Waals surface area contributed by atoms with E-state index in [2.05, 4.69) is 34.3 Å². The highest BCUT2D eigenvalue weighted by atomic mass is 32.2. The Labute approximate surface area is 191 Å². The lowest BCUT2D eigenvalue weighted by Crippen LogP contribution is -2.72. The van der Waals surface area contributed by atoms with Gasteiger partial charge in [-0.1, -0.05) is 30.3 Å². The summed E-state index contributed by atoms with van der Waals surface area (Å²) in [6, 6.07) is 10.0. The smallest absolute Gasteiger partial charge is 0.317 e. The summed E-state index contributed by atoms with van der Waals surface area (Å²) >= 11 is 0. The standard InChI is InChI=1S/C23H35N3O5S/c1-2-24-22(27)26-14-6-13-23(16-30-17-32(28,29)25-23)21(26)15-31-20-11-9-19(10-12-20)18-7-4-3-5-8-18/h3-5,7-8,19-21,25H,2,6,9-17H2,1H3,(H,24,27)/t19?,20?,21-,23+/m1/s1. The number of ether oxygens (including phenoxy) is 2. The zero-order chi connectivity index (χ0) is 22.6.